The van der Waals surface area contributed by atoms with Crippen molar-refractivity contribution in [1.29, 1.82) is 0 Å². The lowest BCUT2D eigenvalue weighted by atomic mass is 9.95. The Kier molecular flexibility index (Phi) is 5.49. The van der Waals surface area contributed by atoms with E-state index < -0.39 is 0 Å². The van der Waals surface area contributed by atoms with Gasteiger partial charge in [0.1, 0.15) is 0 Å². The van der Waals surface area contributed by atoms with Gasteiger partial charge in [0.05, 0.1) is 17.8 Å². The largest absolute Gasteiger partial charge is 0.352 e. The van der Waals surface area contributed by atoms with Gasteiger partial charge in [-0.1, -0.05) is 30.5 Å². The van der Waals surface area contributed by atoms with Gasteiger partial charge in [-0.2, -0.15) is 0 Å². The van der Waals surface area contributed by atoms with Gasteiger partial charge in [0.25, 0.3) is 0 Å². The number of aryl methyl sites for hydroxylation is 1. The molecule has 2 aliphatic rings. The fourth-order valence-corrected chi connectivity index (χ4v) is 5.86. The Morgan fingerprint density at radius 3 is 2.48 bits per heavy atom. The van der Waals surface area contributed by atoms with Gasteiger partial charge < -0.3 is 14.8 Å². The molecule has 0 unspecified atom stereocenters. The molecule has 1 saturated carbocycles. The predicted molar refractivity (Wildman–Crippen MR) is 130 cm³/mol. The first-order chi connectivity index (χ1) is 15.0. The van der Waals surface area contributed by atoms with Gasteiger partial charge in [0, 0.05) is 34.3 Å². The fraction of sp³-hybridized carbons (Fsp3) is 0.360. The number of nitrogens with one attached hydrogen (secondary N) is 1. The third-order valence-electron chi connectivity index (χ3n) is 6.73. The Bertz CT molecular complexity index is 1090. The number of pyridine rings is 1. The lowest BCUT2D eigenvalue weighted by Crippen LogP contribution is -2.37. The summed E-state index contributed by atoms with van der Waals surface area (Å²) in [5.41, 5.74) is 5.91. The van der Waals surface area contributed by atoms with Crippen molar-refractivity contribution in [2.24, 2.45) is 0 Å². The summed E-state index contributed by atoms with van der Waals surface area (Å²) in [5.74, 6) is 0. The normalized spacial score (nSPS) is 21.6. The van der Waals surface area contributed by atoms with Crippen LogP contribution in [0, 0.1) is 13.8 Å². The maximum Gasteiger partial charge on any atom is 0.170 e. The lowest BCUT2D eigenvalue weighted by Gasteiger charge is -2.33. The zero-order valence-electron chi connectivity index (χ0n) is 17.9. The van der Waals surface area contributed by atoms with Crippen LogP contribution in [0.5, 0.6) is 0 Å². The zero-order valence-corrected chi connectivity index (χ0v) is 19.5. The van der Waals surface area contributed by atoms with E-state index >= 15 is 0 Å². The van der Waals surface area contributed by atoms with E-state index in [1.54, 1.807) is 0 Å². The van der Waals surface area contributed by atoms with Crippen LogP contribution in [-0.2, 0) is 0 Å². The minimum Gasteiger partial charge on any atom is -0.352 e. The molecule has 3 aromatic rings. The van der Waals surface area contributed by atoms with Crippen LogP contribution in [-0.4, -0.2) is 25.6 Å². The molecule has 160 valence electrons. The molecule has 1 aromatic carbocycles. The first-order valence-corrected chi connectivity index (χ1v) is 11.8. The first kappa shape index (κ1) is 20.5. The molecule has 1 N–H and O–H groups in total. The number of halogens is 1. The second kappa shape index (κ2) is 8.29. The van der Waals surface area contributed by atoms with E-state index in [4.69, 9.17) is 23.8 Å². The number of rotatable bonds is 4. The SMILES string of the molecule is Cc1cc([C@H]2[C@@H](c3ccccn3)NC(=S)N2C2CCCC2)c(C)n1-c1ccc(Cl)cc1. The van der Waals surface area contributed by atoms with E-state index in [0.29, 0.717) is 6.04 Å². The molecule has 4 nitrogen and oxygen atoms in total. The van der Waals surface area contributed by atoms with Crippen molar-refractivity contribution in [3.63, 3.8) is 0 Å². The molecule has 0 spiro atoms. The van der Waals surface area contributed by atoms with Crippen molar-refractivity contribution in [1.82, 2.24) is 19.8 Å². The first-order valence-electron chi connectivity index (χ1n) is 11.0. The molecular weight excluding hydrogens is 424 g/mol. The van der Waals surface area contributed by atoms with Gasteiger partial charge in [-0.25, -0.2) is 0 Å². The summed E-state index contributed by atoms with van der Waals surface area (Å²) in [6, 6.07) is 17.1. The molecule has 1 saturated heterocycles. The molecule has 31 heavy (non-hydrogen) atoms. The van der Waals surface area contributed by atoms with E-state index in [-0.39, 0.29) is 12.1 Å². The summed E-state index contributed by atoms with van der Waals surface area (Å²) >= 11 is 12.0. The smallest absolute Gasteiger partial charge is 0.170 e. The fourth-order valence-electron chi connectivity index (χ4n) is 5.35. The molecule has 2 fully saturated rings. The quantitative estimate of drug-likeness (QED) is 0.490. The number of thiocarbonyl (C=S) groups is 1. The Morgan fingerprint density at radius 2 is 1.81 bits per heavy atom. The number of nitrogens with zero attached hydrogens (tertiary/aromatic N) is 3. The molecule has 1 aliphatic carbocycles. The molecule has 2 aromatic heterocycles. The summed E-state index contributed by atoms with van der Waals surface area (Å²) in [5, 5.41) is 5.22. The number of aromatic nitrogens is 2. The van der Waals surface area contributed by atoms with Gasteiger partial charge in [0.15, 0.2) is 5.11 Å². The lowest BCUT2D eigenvalue weighted by molar-refractivity contribution is 0.245. The van der Waals surface area contributed by atoms with Gasteiger partial charge in [-0.05, 0) is 86.9 Å². The minimum absolute atomic E-state index is 0.0356. The van der Waals surface area contributed by atoms with Crippen molar-refractivity contribution in [2.75, 3.05) is 0 Å². The predicted octanol–water partition coefficient (Wildman–Crippen LogP) is 6.06. The van der Waals surface area contributed by atoms with Gasteiger partial charge >= 0.3 is 0 Å². The van der Waals surface area contributed by atoms with Crippen molar-refractivity contribution >= 4 is 28.9 Å². The van der Waals surface area contributed by atoms with Gasteiger partial charge in [-0.15, -0.1) is 0 Å². The van der Waals surface area contributed by atoms with Crippen LogP contribution >= 0.6 is 23.8 Å². The number of benzene rings is 1. The monoisotopic (exact) mass is 450 g/mol. The summed E-state index contributed by atoms with van der Waals surface area (Å²) < 4.78 is 2.31. The number of hydrogen-bond acceptors (Lipinski definition) is 2. The maximum atomic E-state index is 6.14. The highest BCUT2D eigenvalue weighted by molar-refractivity contribution is 7.80. The molecule has 0 bridgehead atoms. The van der Waals surface area contributed by atoms with Crippen LogP contribution in [0.4, 0.5) is 0 Å². The summed E-state index contributed by atoms with van der Waals surface area (Å²) in [7, 11) is 0. The van der Waals surface area contributed by atoms with Crippen LogP contribution in [0.3, 0.4) is 0 Å². The second-order valence-corrected chi connectivity index (χ2v) is 9.43. The van der Waals surface area contributed by atoms with E-state index in [2.05, 4.69) is 63.9 Å². The maximum absolute atomic E-state index is 6.14. The van der Waals surface area contributed by atoms with E-state index in [0.717, 1.165) is 21.5 Å². The van der Waals surface area contributed by atoms with Crippen molar-refractivity contribution in [2.45, 2.75) is 57.7 Å². The molecule has 3 heterocycles. The third-order valence-corrected chi connectivity index (χ3v) is 7.31. The highest BCUT2D eigenvalue weighted by Crippen LogP contribution is 2.44. The van der Waals surface area contributed by atoms with Gasteiger partial charge in [0.2, 0.25) is 0 Å². The Hall–Kier alpha value is -2.37. The highest BCUT2D eigenvalue weighted by atomic mass is 35.5. The molecule has 0 radical (unpaired) electrons. The Labute approximate surface area is 194 Å². The molecule has 2 atom stereocenters. The Balaban J connectivity index is 1.63. The summed E-state index contributed by atoms with van der Waals surface area (Å²) in [6.45, 7) is 4.38. The standard InChI is InChI=1S/C25H27ClN4S/c1-16-15-21(17(2)29(16)20-12-10-18(26)11-13-20)24-23(22-9-5-6-14-27-22)28-25(31)30(24)19-7-3-4-8-19/h5-6,9-15,19,23-24H,3-4,7-8H2,1-2H3,(H,28,31)/t23-,24+/m1/s1. The highest BCUT2D eigenvalue weighted by Gasteiger charge is 2.44. The molecular formula is C25H27ClN4S. The van der Waals surface area contributed by atoms with Crippen LogP contribution in [0.15, 0.2) is 54.7 Å². The van der Waals surface area contributed by atoms with Crippen molar-refractivity contribution in [3.05, 3.63) is 82.4 Å². The molecule has 5 rings (SSSR count). The number of hydrogen-bond donors (Lipinski definition) is 1. The summed E-state index contributed by atoms with van der Waals surface area (Å²) in [4.78, 5) is 7.16. The van der Waals surface area contributed by atoms with E-state index in [9.17, 15) is 0 Å². The van der Waals surface area contributed by atoms with Gasteiger partial charge in [-0.3, -0.25) is 4.98 Å². The van der Waals surface area contributed by atoms with Crippen LogP contribution in [0.25, 0.3) is 5.69 Å². The van der Waals surface area contributed by atoms with Crippen LogP contribution < -0.4 is 5.32 Å². The summed E-state index contributed by atoms with van der Waals surface area (Å²) in [6.07, 6.45) is 6.81. The zero-order chi connectivity index (χ0) is 21.5. The second-order valence-electron chi connectivity index (χ2n) is 8.61. The van der Waals surface area contributed by atoms with E-state index in [1.807, 2.05) is 24.4 Å². The van der Waals surface area contributed by atoms with Crippen molar-refractivity contribution < 1.29 is 0 Å². The average Bonchev–Trinajstić information content (AvgIpc) is 3.48. The van der Waals surface area contributed by atoms with E-state index in [1.165, 1.54) is 42.6 Å². The topological polar surface area (TPSA) is 33.1 Å². The van der Waals surface area contributed by atoms with Crippen molar-refractivity contribution in [3.8, 4) is 5.69 Å². The third kappa shape index (κ3) is 3.64. The Morgan fingerprint density at radius 1 is 1.06 bits per heavy atom. The molecule has 0 amide bonds. The van der Waals surface area contributed by atoms with Crippen LogP contribution in [0.2, 0.25) is 5.02 Å². The van der Waals surface area contributed by atoms with Crippen LogP contribution in [0.1, 0.15) is 60.4 Å². The molecule has 6 heteroatoms. The minimum atomic E-state index is 0.0356. The molecule has 1 aliphatic heterocycles. The average molecular weight is 451 g/mol.